The van der Waals surface area contributed by atoms with Gasteiger partial charge in [-0.1, -0.05) is 0 Å². The SMILES string of the molecule is COCCC1(C)COCC(=O)N1. The van der Waals surface area contributed by atoms with Crippen LogP contribution >= 0.6 is 0 Å². The average molecular weight is 173 g/mol. The summed E-state index contributed by atoms with van der Waals surface area (Å²) in [6, 6.07) is 0. The van der Waals surface area contributed by atoms with Gasteiger partial charge in [0.1, 0.15) is 6.61 Å². The highest BCUT2D eigenvalue weighted by molar-refractivity contribution is 5.78. The molecule has 0 aromatic heterocycles. The first kappa shape index (κ1) is 9.48. The van der Waals surface area contributed by atoms with E-state index in [0.29, 0.717) is 13.2 Å². The zero-order chi connectivity index (χ0) is 9.03. The molecule has 0 spiro atoms. The summed E-state index contributed by atoms with van der Waals surface area (Å²) in [5, 5.41) is 2.88. The van der Waals surface area contributed by atoms with Crippen LogP contribution < -0.4 is 5.32 Å². The van der Waals surface area contributed by atoms with E-state index >= 15 is 0 Å². The van der Waals surface area contributed by atoms with E-state index in [2.05, 4.69) is 5.32 Å². The number of hydrogen-bond acceptors (Lipinski definition) is 3. The Morgan fingerprint density at radius 2 is 2.50 bits per heavy atom. The second-order valence-electron chi connectivity index (χ2n) is 3.34. The zero-order valence-electron chi connectivity index (χ0n) is 7.55. The van der Waals surface area contributed by atoms with Gasteiger partial charge in [-0.2, -0.15) is 0 Å². The van der Waals surface area contributed by atoms with Crippen molar-refractivity contribution < 1.29 is 14.3 Å². The standard InChI is InChI=1S/C8H15NO3/c1-8(3-4-11-2)6-12-5-7(10)9-8/h3-6H2,1-2H3,(H,9,10). The molecule has 1 rings (SSSR count). The number of carbonyl (C=O) groups is 1. The third-order valence-electron chi connectivity index (χ3n) is 1.95. The monoisotopic (exact) mass is 173 g/mol. The summed E-state index contributed by atoms with van der Waals surface area (Å²) < 4.78 is 10.1. The largest absolute Gasteiger partial charge is 0.385 e. The van der Waals surface area contributed by atoms with Gasteiger partial charge in [0.25, 0.3) is 0 Å². The quantitative estimate of drug-likeness (QED) is 0.649. The molecule has 4 nitrogen and oxygen atoms in total. The van der Waals surface area contributed by atoms with E-state index < -0.39 is 0 Å². The first-order valence-electron chi connectivity index (χ1n) is 4.04. The van der Waals surface area contributed by atoms with Crippen LogP contribution in [0.5, 0.6) is 0 Å². The lowest BCUT2D eigenvalue weighted by Crippen LogP contribution is -2.55. The molecule has 1 aliphatic rings. The molecule has 1 heterocycles. The predicted octanol–water partition coefficient (Wildman–Crippen LogP) is -0.0720. The van der Waals surface area contributed by atoms with Gasteiger partial charge in [0.2, 0.25) is 5.91 Å². The van der Waals surface area contributed by atoms with E-state index in [-0.39, 0.29) is 18.1 Å². The zero-order valence-corrected chi connectivity index (χ0v) is 7.55. The lowest BCUT2D eigenvalue weighted by Gasteiger charge is -2.34. The molecule has 1 N–H and O–H groups in total. The minimum absolute atomic E-state index is 0.0418. The van der Waals surface area contributed by atoms with Crippen molar-refractivity contribution in [3.05, 3.63) is 0 Å². The van der Waals surface area contributed by atoms with Crippen LogP contribution in [0, 0.1) is 0 Å². The van der Waals surface area contributed by atoms with Crippen LogP contribution in [0.2, 0.25) is 0 Å². The maximum atomic E-state index is 11.0. The molecule has 1 fully saturated rings. The van der Waals surface area contributed by atoms with Crippen LogP contribution in [0.15, 0.2) is 0 Å². The summed E-state index contributed by atoms with van der Waals surface area (Å²) in [5.41, 5.74) is -0.245. The fourth-order valence-corrected chi connectivity index (χ4v) is 1.24. The van der Waals surface area contributed by atoms with Crippen LogP contribution in [0.25, 0.3) is 0 Å². The van der Waals surface area contributed by atoms with Crippen LogP contribution in [0.4, 0.5) is 0 Å². The summed E-state index contributed by atoms with van der Waals surface area (Å²) in [6.07, 6.45) is 0.787. The third-order valence-corrected chi connectivity index (χ3v) is 1.95. The van der Waals surface area contributed by atoms with Crippen LogP contribution in [0.3, 0.4) is 0 Å². The molecule has 4 heteroatoms. The van der Waals surface area contributed by atoms with Gasteiger partial charge in [0.15, 0.2) is 0 Å². The van der Waals surface area contributed by atoms with Gasteiger partial charge in [-0.25, -0.2) is 0 Å². The maximum Gasteiger partial charge on any atom is 0.246 e. The molecule has 0 bridgehead atoms. The highest BCUT2D eigenvalue weighted by atomic mass is 16.5. The maximum absolute atomic E-state index is 11.0. The van der Waals surface area contributed by atoms with E-state index in [0.717, 1.165) is 6.42 Å². The predicted molar refractivity (Wildman–Crippen MR) is 43.9 cm³/mol. The first-order valence-corrected chi connectivity index (χ1v) is 4.04. The Morgan fingerprint density at radius 1 is 1.75 bits per heavy atom. The number of morpholine rings is 1. The van der Waals surface area contributed by atoms with Gasteiger partial charge in [-0.15, -0.1) is 0 Å². The number of hydrogen-bond donors (Lipinski definition) is 1. The summed E-state index contributed by atoms with van der Waals surface area (Å²) in [6.45, 7) is 3.36. The molecule has 1 atom stereocenters. The van der Waals surface area contributed by atoms with Crippen LogP contribution in [0.1, 0.15) is 13.3 Å². The summed E-state index contributed by atoms with van der Waals surface area (Å²) in [7, 11) is 1.65. The molecule has 1 amide bonds. The van der Waals surface area contributed by atoms with Crippen molar-refractivity contribution in [1.82, 2.24) is 5.32 Å². The number of methoxy groups -OCH3 is 1. The van der Waals surface area contributed by atoms with Gasteiger partial charge in [-0.05, 0) is 13.3 Å². The Bertz CT molecular complexity index is 172. The minimum atomic E-state index is -0.245. The van der Waals surface area contributed by atoms with Crippen molar-refractivity contribution in [3.63, 3.8) is 0 Å². The summed E-state index contributed by atoms with van der Waals surface area (Å²) >= 11 is 0. The second-order valence-corrected chi connectivity index (χ2v) is 3.34. The molecule has 0 aliphatic carbocycles. The molecule has 0 aromatic carbocycles. The lowest BCUT2D eigenvalue weighted by atomic mass is 9.98. The van der Waals surface area contributed by atoms with Crippen molar-refractivity contribution in [1.29, 1.82) is 0 Å². The Hall–Kier alpha value is -0.610. The number of carbonyl (C=O) groups excluding carboxylic acids is 1. The van der Waals surface area contributed by atoms with Crippen LogP contribution in [-0.4, -0.2) is 38.4 Å². The van der Waals surface area contributed by atoms with Gasteiger partial charge in [0.05, 0.1) is 12.1 Å². The molecule has 0 aromatic rings. The Balaban J connectivity index is 2.40. The van der Waals surface area contributed by atoms with Gasteiger partial charge < -0.3 is 14.8 Å². The Labute approximate surface area is 72.2 Å². The Morgan fingerprint density at radius 3 is 3.08 bits per heavy atom. The fraction of sp³-hybridized carbons (Fsp3) is 0.875. The molecular weight excluding hydrogens is 158 g/mol. The summed E-state index contributed by atoms with van der Waals surface area (Å²) in [5.74, 6) is -0.0418. The molecule has 1 saturated heterocycles. The number of rotatable bonds is 3. The van der Waals surface area contributed by atoms with E-state index in [4.69, 9.17) is 9.47 Å². The van der Waals surface area contributed by atoms with Crippen molar-refractivity contribution >= 4 is 5.91 Å². The fourth-order valence-electron chi connectivity index (χ4n) is 1.24. The van der Waals surface area contributed by atoms with Crippen molar-refractivity contribution in [2.24, 2.45) is 0 Å². The van der Waals surface area contributed by atoms with Crippen molar-refractivity contribution in [2.45, 2.75) is 18.9 Å². The molecule has 1 aliphatic heterocycles. The normalized spacial score (nSPS) is 30.0. The highest BCUT2D eigenvalue weighted by Gasteiger charge is 2.30. The molecular formula is C8H15NO3. The van der Waals surface area contributed by atoms with E-state index in [1.165, 1.54) is 0 Å². The second kappa shape index (κ2) is 3.87. The average Bonchev–Trinajstić information content (AvgIpc) is 2.01. The van der Waals surface area contributed by atoms with Crippen LogP contribution in [-0.2, 0) is 14.3 Å². The van der Waals surface area contributed by atoms with Crippen molar-refractivity contribution in [2.75, 3.05) is 26.9 Å². The van der Waals surface area contributed by atoms with E-state index in [9.17, 15) is 4.79 Å². The first-order chi connectivity index (χ1) is 5.66. The molecule has 0 saturated carbocycles. The topological polar surface area (TPSA) is 47.6 Å². The number of nitrogens with one attached hydrogen (secondary N) is 1. The smallest absolute Gasteiger partial charge is 0.246 e. The molecule has 70 valence electrons. The van der Waals surface area contributed by atoms with Gasteiger partial charge >= 0.3 is 0 Å². The van der Waals surface area contributed by atoms with E-state index in [1.54, 1.807) is 7.11 Å². The Kier molecular flexibility index (Phi) is 3.05. The molecule has 12 heavy (non-hydrogen) atoms. The number of ether oxygens (including phenoxy) is 2. The van der Waals surface area contributed by atoms with Gasteiger partial charge in [0, 0.05) is 13.7 Å². The third kappa shape index (κ3) is 2.46. The lowest BCUT2D eigenvalue weighted by molar-refractivity contribution is -0.135. The summed E-state index contributed by atoms with van der Waals surface area (Å²) in [4.78, 5) is 11.0. The van der Waals surface area contributed by atoms with E-state index in [1.807, 2.05) is 6.92 Å². The highest BCUT2D eigenvalue weighted by Crippen LogP contribution is 2.13. The molecule has 1 unspecified atom stereocenters. The minimum Gasteiger partial charge on any atom is -0.385 e. The molecule has 0 radical (unpaired) electrons. The number of amides is 1. The van der Waals surface area contributed by atoms with Gasteiger partial charge in [-0.3, -0.25) is 4.79 Å². The van der Waals surface area contributed by atoms with Crippen molar-refractivity contribution in [3.8, 4) is 0 Å².